The molecule has 1 rings (SSSR count). The minimum absolute atomic E-state index is 0.130. The van der Waals surface area contributed by atoms with Gasteiger partial charge in [0.2, 0.25) is 0 Å². The molecule has 0 fully saturated rings. The first-order valence-corrected chi connectivity index (χ1v) is 6.48. The van der Waals surface area contributed by atoms with Gasteiger partial charge in [-0.05, 0) is 32.9 Å². The van der Waals surface area contributed by atoms with E-state index in [9.17, 15) is 0 Å². The molecule has 2 N–H and O–H groups in total. The molecule has 0 aliphatic heterocycles. The highest BCUT2D eigenvalue weighted by Crippen LogP contribution is 2.19. The van der Waals surface area contributed by atoms with Gasteiger partial charge in [0.05, 0.1) is 5.60 Å². The number of methoxy groups -OCH3 is 1. The van der Waals surface area contributed by atoms with Crippen LogP contribution in [0, 0.1) is 0 Å². The molecule has 0 radical (unpaired) electrons. The molecule has 18 heavy (non-hydrogen) atoms. The summed E-state index contributed by atoms with van der Waals surface area (Å²) in [6.45, 7) is 5.77. The largest absolute Gasteiger partial charge is 0.379 e. The minimum Gasteiger partial charge on any atom is -0.379 e. The lowest BCUT2D eigenvalue weighted by Gasteiger charge is -2.33. The molecule has 0 saturated heterocycles. The van der Waals surface area contributed by atoms with Gasteiger partial charge in [0.25, 0.3) is 0 Å². The van der Waals surface area contributed by atoms with Crippen LogP contribution in [-0.4, -0.2) is 37.2 Å². The second kappa shape index (κ2) is 6.88. The van der Waals surface area contributed by atoms with Crippen molar-refractivity contribution in [3.63, 3.8) is 0 Å². The van der Waals surface area contributed by atoms with Crippen molar-refractivity contribution < 1.29 is 4.74 Å². The molecule has 1 aromatic carbocycles. The maximum Gasteiger partial charge on any atom is 0.0638 e. The highest BCUT2D eigenvalue weighted by Gasteiger charge is 2.24. The summed E-state index contributed by atoms with van der Waals surface area (Å²) in [6, 6.07) is 10.8. The Kier molecular flexibility index (Phi) is 5.79. The zero-order valence-corrected chi connectivity index (χ0v) is 12.0. The topological polar surface area (TPSA) is 38.5 Å². The van der Waals surface area contributed by atoms with Gasteiger partial charge in [-0.3, -0.25) is 4.90 Å². The Hall–Kier alpha value is -0.900. The third-order valence-corrected chi connectivity index (χ3v) is 3.45. The standard InChI is InChI=1S/C15H26N2O/c1-15(2,18-4)10-14(11-16)17(3)12-13-8-6-5-7-9-13/h5-9,14H,10-12,16H2,1-4H3. The van der Waals surface area contributed by atoms with E-state index in [1.807, 2.05) is 6.07 Å². The van der Waals surface area contributed by atoms with Crippen LogP contribution in [0.1, 0.15) is 25.8 Å². The van der Waals surface area contributed by atoms with Crippen LogP contribution in [0.4, 0.5) is 0 Å². The Morgan fingerprint density at radius 1 is 1.28 bits per heavy atom. The molecule has 0 amide bonds. The van der Waals surface area contributed by atoms with Crippen LogP contribution in [-0.2, 0) is 11.3 Å². The molecule has 1 unspecified atom stereocenters. The summed E-state index contributed by atoms with van der Waals surface area (Å²) in [5.74, 6) is 0. The van der Waals surface area contributed by atoms with Crippen LogP contribution < -0.4 is 5.73 Å². The van der Waals surface area contributed by atoms with Gasteiger partial charge in [0, 0.05) is 26.2 Å². The van der Waals surface area contributed by atoms with Crippen molar-refractivity contribution in [1.82, 2.24) is 4.90 Å². The van der Waals surface area contributed by atoms with E-state index in [2.05, 4.69) is 50.1 Å². The van der Waals surface area contributed by atoms with E-state index in [1.165, 1.54) is 5.56 Å². The van der Waals surface area contributed by atoms with Crippen molar-refractivity contribution >= 4 is 0 Å². The van der Waals surface area contributed by atoms with Crippen molar-refractivity contribution in [1.29, 1.82) is 0 Å². The first-order chi connectivity index (χ1) is 8.48. The van der Waals surface area contributed by atoms with Crippen LogP contribution in [0.3, 0.4) is 0 Å². The highest BCUT2D eigenvalue weighted by atomic mass is 16.5. The van der Waals surface area contributed by atoms with Crippen molar-refractivity contribution in [2.45, 2.75) is 38.5 Å². The third-order valence-electron chi connectivity index (χ3n) is 3.45. The van der Waals surface area contributed by atoms with Crippen LogP contribution in [0.25, 0.3) is 0 Å². The SMILES string of the molecule is COC(C)(C)CC(CN)N(C)Cc1ccccc1. The second-order valence-electron chi connectivity index (χ2n) is 5.46. The highest BCUT2D eigenvalue weighted by molar-refractivity contribution is 5.14. The van der Waals surface area contributed by atoms with Gasteiger partial charge in [-0.25, -0.2) is 0 Å². The van der Waals surface area contributed by atoms with E-state index in [0.29, 0.717) is 12.6 Å². The summed E-state index contributed by atoms with van der Waals surface area (Å²) in [5.41, 5.74) is 7.08. The average Bonchev–Trinajstić information content (AvgIpc) is 2.37. The molecule has 0 aliphatic carbocycles. The van der Waals surface area contributed by atoms with Crippen molar-refractivity contribution in [3.8, 4) is 0 Å². The predicted molar refractivity (Wildman–Crippen MR) is 76.5 cm³/mol. The lowest BCUT2D eigenvalue weighted by atomic mass is 9.97. The maximum absolute atomic E-state index is 5.89. The van der Waals surface area contributed by atoms with Crippen LogP contribution in [0.2, 0.25) is 0 Å². The van der Waals surface area contributed by atoms with E-state index in [0.717, 1.165) is 13.0 Å². The maximum atomic E-state index is 5.89. The van der Waals surface area contributed by atoms with Gasteiger partial charge in [-0.2, -0.15) is 0 Å². The number of nitrogens with two attached hydrogens (primary N) is 1. The molecule has 0 bridgehead atoms. The van der Waals surface area contributed by atoms with Gasteiger partial charge in [-0.15, -0.1) is 0 Å². The fourth-order valence-corrected chi connectivity index (χ4v) is 2.07. The Morgan fingerprint density at radius 3 is 2.39 bits per heavy atom. The number of benzene rings is 1. The summed E-state index contributed by atoms with van der Waals surface area (Å²) < 4.78 is 5.49. The number of likely N-dealkylation sites (N-methyl/N-ethyl adjacent to an activating group) is 1. The van der Waals surface area contributed by atoms with Gasteiger partial charge in [0.15, 0.2) is 0 Å². The predicted octanol–water partition coefficient (Wildman–Crippen LogP) is 2.26. The third kappa shape index (κ3) is 4.77. The monoisotopic (exact) mass is 250 g/mol. The molecular weight excluding hydrogens is 224 g/mol. The number of hydrogen-bond acceptors (Lipinski definition) is 3. The Balaban J connectivity index is 2.60. The molecule has 1 aromatic rings. The minimum atomic E-state index is -0.130. The Morgan fingerprint density at radius 2 is 1.89 bits per heavy atom. The first kappa shape index (κ1) is 15.2. The summed E-state index contributed by atoms with van der Waals surface area (Å²) >= 11 is 0. The van der Waals surface area contributed by atoms with Crippen LogP contribution in [0.15, 0.2) is 30.3 Å². The molecular formula is C15H26N2O. The lowest BCUT2D eigenvalue weighted by Crippen LogP contribution is -2.43. The summed E-state index contributed by atoms with van der Waals surface area (Å²) in [6.07, 6.45) is 0.934. The second-order valence-corrected chi connectivity index (χ2v) is 5.46. The number of hydrogen-bond donors (Lipinski definition) is 1. The average molecular weight is 250 g/mol. The molecule has 102 valence electrons. The zero-order valence-electron chi connectivity index (χ0n) is 12.0. The summed E-state index contributed by atoms with van der Waals surface area (Å²) in [7, 11) is 3.88. The fraction of sp³-hybridized carbons (Fsp3) is 0.600. The van der Waals surface area contributed by atoms with Crippen molar-refractivity contribution in [3.05, 3.63) is 35.9 Å². The van der Waals surface area contributed by atoms with Crippen molar-refractivity contribution in [2.24, 2.45) is 5.73 Å². The molecule has 3 heteroatoms. The van der Waals surface area contributed by atoms with Gasteiger partial charge < -0.3 is 10.5 Å². The molecule has 0 saturated carbocycles. The summed E-state index contributed by atoms with van der Waals surface area (Å²) in [4.78, 5) is 2.30. The van der Waals surface area contributed by atoms with E-state index in [4.69, 9.17) is 10.5 Å². The van der Waals surface area contributed by atoms with Gasteiger partial charge >= 0.3 is 0 Å². The zero-order chi connectivity index (χ0) is 13.6. The van der Waals surface area contributed by atoms with Crippen LogP contribution >= 0.6 is 0 Å². The first-order valence-electron chi connectivity index (χ1n) is 6.48. The van der Waals surface area contributed by atoms with E-state index in [1.54, 1.807) is 7.11 Å². The van der Waals surface area contributed by atoms with Gasteiger partial charge in [0.1, 0.15) is 0 Å². The number of rotatable bonds is 7. The molecule has 0 aliphatic rings. The number of ether oxygens (including phenoxy) is 1. The van der Waals surface area contributed by atoms with E-state index in [-0.39, 0.29) is 5.60 Å². The molecule has 0 heterocycles. The normalized spacial score (nSPS) is 13.9. The Labute approximate surface area is 111 Å². The smallest absolute Gasteiger partial charge is 0.0638 e. The fourth-order valence-electron chi connectivity index (χ4n) is 2.07. The molecule has 0 spiro atoms. The van der Waals surface area contributed by atoms with Crippen molar-refractivity contribution in [2.75, 3.05) is 20.7 Å². The molecule has 1 atom stereocenters. The quantitative estimate of drug-likeness (QED) is 0.806. The molecule has 0 aromatic heterocycles. The van der Waals surface area contributed by atoms with Crippen LogP contribution in [0.5, 0.6) is 0 Å². The number of nitrogens with zero attached hydrogens (tertiary/aromatic N) is 1. The lowest BCUT2D eigenvalue weighted by molar-refractivity contribution is -0.00538. The van der Waals surface area contributed by atoms with Gasteiger partial charge in [-0.1, -0.05) is 30.3 Å². The van der Waals surface area contributed by atoms with E-state index >= 15 is 0 Å². The Bertz CT molecular complexity index is 338. The van der Waals surface area contributed by atoms with E-state index < -0.39 is 0 Å². The summed E-state index contributed by atoms with van der Waals surface area (Å²) in [5, 5.41) is 0. The molecule has 3 nitrogen and oxygen atoms in total.